The second kappa shape index (κ2) is 6.31. The molecule has 0 saturated heterocycles. The molecule has 0 bridgehead atoms. The molecule has 0 saturated carbocycles. The minimum absolute atomic E-state index is 0.383. The van der Waals surface area contributed by atoms with Crippen molar-refractivity contribution in [3.05, 3.63) is 72.2 Å². The predicted octanol–water partition coefficient (Wildman–Crippen LogP) is 2.60. The van der Waals surface area contributed by atoms with Crippen molar-refractivity contribution in [1.29, 1.82) is 0 Å². The minimum Gasteiger partial charge on any atom is -0.478 e. The number of furan rings is 1. The summed E-state index contributed by atoms with van der Waals surface area (Å²) in [7, 11) is 0. The first-order valence-electron chi connectivity index (χ1n) is 7.05. The van der Waals surface area contributed by atoms with E-state index < -0.39 is 11.9 Å². The molecule has 1 aromatic carbocycles. The SMILES string of the molecule is O=C(O)/C=C/C(=O)N1N=C(c2ccccc2)C[C@@H]1c1ccco1. The lowest BCUT2D eigenvalue weighted by Crippen LogP contribution is -2.25. The van der Waals surface area contributed by atoms with Gasteiger partial charge in [0.05, 0.1) is 12.0 Å². The van der Waals surface area contributed by atoms with E-state index in [1.165, 1.54) is 11.3 Å². The van der Waals surface area contributed by atoms with E-state index in [2.05, 4.69) is 5.10 Å². The molecule has 0 spiro atoms. The van der Waals surface area contributed by atoms with Crippen LogP contribution < -0.4 is 0 Å². The Morgan fingerprint density at radius 2 is 1.96 bits per heavy atom. The lowest BCUT2D eigenvalue weighted by atomic mass is 10.0. The third kappa shape index (κ3) is 3.21. The predicted molar refractivity (Wildman–Crippen MR) is 82.7 cm³/mol. The van der Waals surface area contributed by atoms with E-state index in [-0.39, 0.29) is 6.04 Å². The molecular weight excluding hydrogens is 296 g/mol. The van der Waals surface area contributed by atoms with E-state index >= 15 is 0 Å². The van der Waals surface area contributed by atoms with Gasteiger partial charge in [-0.1, -0.05) is 30.3 Å². The number of amides is 1. The maximum atomic E-state index is 12.3. The van der Waals surface area contributed by atoms with Gasteiger partial charge in [0.1, 0.15) is 11.8 Å². The molecule has 1 atom stereocenters. The van der Waals surface area contributed by atoms with Crippen LogP contribution in [-0.4, -0.2) is 27.7 Å². The molecule has 23 heavy (non-hydrogen) atoms. The number of hydrogen-bond donors (Lipinski definition) is 1. The Labute approximate surface area is 132 Å². The Morgan fingerprint density at radius 1 is 1.17 bits per heavy atom. The van der Waals surface area contributed by atoms with Crippen LogP contribution in [-0.2, 0) is 9.59 Å². The molecule has 6 heteroatoms. The number of carbonyl (C=O) groups excluding carboxylic acids is 1. The van der Waals surface area contributed by atoms with E-state index in [1.807, 2.05) is 30.3 Å². The summed E-state index contributed by atoms with van der Waals surface area (Å²) in [4.78, 5) is 22.9. The van der Waals surface area contributed by atoms with Crippen molar-refractivity contribution in [1.82, 2.24) is 5.01 Å². The topological polar surface area (TPSA) is 83.1 Å². The van der Waals surface area contributed by atoms with Crippen molar-refractivity contribution in [3.8, 4) is 0 Å². The molecule has 0 aliphatic carbocycles. The molecule has 3 rings (SSSR count). The summed E-state index contributed by atoms with van der Waals surface area (Å²) in [6.45, 7) is 0. The summed E-state index contributed by atoms with van der Waals surface area (Å²) in [6, 6.07) is 12.7. The van der Waals surface area contributed by atoms with E-state index in [0.717, 1.165) is 23.4 Å². The highest BCUT2D eigenvalue weighted by molar-refractivity contribution is 6.04. The smallest absolute Gasteiger partial charge is 0.328 e. The van der Waals surface area contributed by atoms with Crippen LogP contribution in [0.3, 0.4) is 0 Å². The minimum atomic E-state index is -1.18. The number of carboxylic acid groups (broad SMARTS) is 1. The van der Waals surface area contributed by atoms with E-state index in [4.69, 9.17) is 9.52 Å². The maximum absolute atomic E-state index is 12.3. The number of rotatable bonds is 4. The fourth-order valence-corrected chi connectivity index (χ4v) is 2.44. The van der Waals surface area contributed by atoms with E-state index in [1.54, 1.807) is 12.1 Å². The number of benzene rings is 1. The molecule has 1 N–H and O–H groups in total. The van der Waals surface area contributed by atoms with Gasteiger partial charge in [-0.15, -0.1) is 0 Å². The molecule has 2 aromatic rings. The second-order valence-electron chi connectivity index (χ2n) is 5.00. The van der Waals surface area contributed by atoms with Crippen molar-refractivity contribution in [2.45, 2.75) is 12.5 Å². The quantitative estimate of drug-likeness (QED) is 0.880. The van der Waals surface area contributed by atoms with Gasteiger partial charge in [0.15, 0.2) is 0 Å². The molecule has 1 aromatic heterocycles. The molecule has 0 unspecified atom stereocenters. The van der Waals surface area contributed by atoms with Gasteiger partial charge in [0.2, 0.25) is 0 Å². The van der Waals surface area contributed by atoms with Crippen molar-refractivity contribution in [2.75, 3.05) is 0 Å². The zero-order chi connectivity index (χ0) is 16.2. The fraction of sp³-hybridized carbons (Fsp3) is 0.118. The second-order valence-corrected chi connectivity index (χ2v) is 5.00. The van der Waals surface area contributed by atoms with Crippen LogP contribution in [0.15, 0.2) is 70.4 Å². The molecule has 0 fully saturated rings. The van der Waals surface area contributed by atoms with Crippen LogP contribution in [0.4, 0.5) is 0 Å². The number of carbonyl (C=O) groups is 2. The average molecular weight is 310 g/mol. The van der Waals surface area contributed by atoms with Crippen molar-refractivity contribution < 1.29 is 19.1 Å². The average Bonchev–Trinajstić information content (AvgIpc) is 3.22. The van der Waals surface area contributed by atoms with Gasteiger partial charge in [-0.2, -0.15) is 5.10 Å². The number of carboxylic acids is 1. The molecule has 6 nitrogen and oxygen atoms in total. The third-order valence-corrected chi connectivity index (χ3v) is 3.48. The molecular formula is C17H14N2O4. The Bertz CT molecular complexity index is 763. The van der Waals surface area contributed by atoms with E-state index in [9.17, 15) is 9.59 Å². The van der Waals surface area contributed by atoms with Crippen LogP contribution in [0.5, 0.6) is 0 Å². The monoisotopic (exact) mass is 310 g/mol. The molecule has 1 aliphatic heterocycles. The number of hydrazone groups is 1. The standard InChI is InChI=1S/C17H14N2O4/c20-16(8-9-17(21)22)19-14(15-7-4-10-23-15)11-13(18-19)12-5-2-1-3-6-12/h1-10,14H,11H2,(H,21,22)/b9-8+/t14-/m1/s1. The Kier molecular flexibility index (Phi) is 4.05. The lowest BCUT2D eigenvalue weighted by molar-refractivity contribution is -0.132. The number of hydrogen-bond acceptors (Lipinski definition) is 4. The summed E-state index contributed by atoms with van der Waals surface area (Å²) in [5.41, 5.74) is 1.67. The Balaban J connectivity index is 1.92. The van der Waals surface area contributed by atoms with Gasteiger partial charge >= 0.3 is 5.97 Å². The molecule has 1 aliphatic rings. The summed E-state index contributed by atoms with van der Waals surface area (Å²) < 4.78 is 5.40. The summed E-state index contributed by atoms with van der Waals surface area (Å²) in [5.74, 6) is -1.07. The summed E-state index contributed by atoms with van der Waals surface area (Å²) in [5, 5.41) is 14.3. The highest BCUT2D eigenvalue weighted by atomic mass is 16.4. The number of aliphatic carboxylic acids is 1. The third-order valence-electron chi connectivity index (χ3n) is 3.48. The largest absolute Gasteiger partial charge is 0.478 e. The van der Waals surface area contributed by atoms with Gasteiger partial charge in [0.25, 0.3) is 5.91 Å². The van der Waals surface area contributed by atoms with Crippen LogP contribution in [0.2, 0.25) is 0 Å². The first kappa shape index (κ1) is 14.8. The van der Waals surface area contributed by atoms with Crippen LogP contribution in [0.1, 0.15) is 23.8 Å². The summed E-state index contributed by atoms with van der Waals surface area (Å²) >= 11 is 0. The Hall–Kier alpha value is -3.15. The molecule has 0 radical (unpaired) electrons. The molecule has 1 amide bonds. The molecule has 2 heterocycles. The van der Waals surface area contributed by atoms with E-state index in [0.29, 0.717) is 12.2 Å². The van der Waals surface area contributed by atoms with Gasteiger partial charge in [-0.3, -0.25) is 4.79 Å². The van der Waals surface area contributed by atoms with Crippen LogP contribution in [0.25, 0.3) is 0 Å². The first-order chi connectivity index (χ1) is 11.1. The highest BCUT2D eigenvalue weighted by Gasteiger charge is 2.33. The van der Waals surface area contributed by atoms with Crippen LogP contribution >= 0.6 is 0 Å². The highest BCUT2D eigenvalue weighted by Crippen LogP contribution is 2.33. The fourth-order valence-electron chi connectivity index (χ4n) is 2.44. The van der Waals surface area contributed by atoms with Gasteiger partial charge in [0, 0.05) is 18.6 Å². The van der Waals surface area contributed by atoms with Gasteiger partial charge < -0.3 is 9.52 Å². The van der Waals surface area contributed by atoms with Gasteiger partial charge in [-0.25, -0.2) is 9.80 Å². The summed E-state index contributed by atoms with van der Waals surface area (Å²) in [6.07, 6.45) is 3.84. The van der Waals surface area contributed by atoms with Crippen molar-refractivity contribution in [2.24, 2.45) is 5.10 Å². The van der Waals surface area contributed by atoms with Crippen LogP contribution in [0, 0.1) is 0 Å². The zero-order valence-electron chi connectivity index (χ0n) is 12.1. The number of nitrogens with zero attached hydrogens (tertiary/aromatic N) is 2. The maximum Gasteiger partial charge on any atom is 0.328 e. The van der Waals surface area contributed by atoms with Crippen molar-refractivity contribution >= 4 is 17.6 Å². The van der Waals surface area contributed by atoms with Crippen molar-refractivity contribution in [3.63, 3.8) is 0 Å². The first-order valence-corrected chi connectivity index (χ1v) is 7.05. The van der Waals surface area contributed by atoms with Gasteiger partial charge in [-0.05, 0) is 17.7 Å². The molecule has 116 valence electrons. The zero-order valence-corrected chi connectivity index (χ0v) is 12.1. The normalized spacial score (nSPS) is 17.5. The lowest BCUT2D eigenvalue weighted by Gasteiger charge is -2.17. The Morgan fingerprint density at radius 3 is 2.61 bits per heavy atom.